The van der Waals surface area contributed by atoms with Crippen molar-refractivity contribution in [3.63, 3.8) is 0 Å². The van der Waals surface area contributed by atoms with E-state index in [0.717, 1.165) is 6.07 Å². The topological polar surface area (TPSA) is 112 Å². The number of hydrogen-bond donors (Lipinski definition) is 3. The van der Waals surface area contributed by atoms with Crippen molar-refractivity contribution >= 4 is 17.6 Å². The molecular weight excluding hydrogens is 329 g/mol. The molecule has 132 valence electrons. The Morgan fingerprint density at radius 1 is 1.28 bits per heavy atom. The largest absolute Gasteiger partial charge is 0.481 e. The first-order valence-corrected chi connectivity index (χ1v) is 7.79. The second kappa shape index (κ2) is 7.69. The number of aromatic amines is 1. The number of hydrogen-bond acceptors (Lipinski definition) is 4. The number of amides is 1. The second-order valence-corrected chi connectivity index (χ2v) is 5.39. The fourth-order valence-electron chi connectivity index (χ4n) is 2.56. The Balaban J connectivity index is 2.33. The first-order valence-electron chi connectivity index (χ1n) is 7.79. The number of aryl methyl sites for hydroxylation is 1. The van der Waals surface area contributed by atoms with E-state index in [4.69, 9.17) is 5.11 Å². The summed E-state index contributed by atoms with van der Waals surface area (Å²) in [5, 5.41) is 17.4. The van der Waals surface area contributed by atoms with E-state index in [2.05, 4.69) is 15.5 Å². The molecule has 0 bridgehead atoms. The highest BCUT2D eigenvalue weighted by molar-refractivity contribution is 6.05. The molecule has 0 aliphatic heterocycles. The molecule has 2 aromatic rings. The molecule has 0 saturated heterocycles. The molecule has 0 unspecified atom stereocenters. The summed E-state index contributed by atoms with van der Waals surface area (Å²) in [6.07, 6.45) is 0.553. The molecule has 0 radical (unpaired) electrons. The number of carboxylic acids is 1. The van der Waals surface area contributed by atoms with E-state index >= 15 is 0 Å². The van der Waals surface area contributed by atoms with Gasteiger partial charge in [-0.1, -0.05) is 19.9 Å². The maximum Gasteiger partial charge on any atom is 0.307 e. The molecule has 2 rings (SSSR count). The lowest BCUT2D eigenvalue weighted by Gasteiger charge is -2.11. The van der Waals surface area contributed by atoms with Crippen LogP contribution in [-0.4, -0.2) is 27.2 Å². The van der Waals surface area contributed by atoms with E-state index in [1.807, 2.05) is 13.8 Å². The molecule has 1 amide bonds. The van der Waals surface area contributed by atoms with E-state index in [0.29, 0.717) is 24.1 Å². The molecule has 3 N–H and O–H groups in total. The van der Waals surface area contributed by atoms with Crippen LogP contribution in [0.15, 0.2) is 23.0 Å². The number of carbonyl (C=O) groups excluding carboxylic acids is 1. The van der Waals surface area contributed by atoms with Gasteiger partial charge in [0.2, 0.25) is 0 Å². The van der Waals surface area contributed by atoms with Crippen LogP contribution < -0.4 is 10.9 Å². The highest BCUT2D eigenvalue weighted by Gasteiger charge is 2.19. The van der Waals surface area contributed by atoms with Crippen LogP contribution in [0.1, 0.15) is 41.0 Å². The Bertz CT molecular complexity index is 877. The van der Waals surface area contributed by atoms with Crippen molar-refractivity contribution in [2.45, 2.75) is 33.1 Å². The summed E-state index contributed by atoms with van der Waals surface area (Å²) in [4.78, 5) is 35.2. The fourth-order valence-corrected chi connectivity index (χ4v) is 2.56. The van der Waals surface area contributed by atoms with Crippen molar-refractivity contribution in [3.8, 4) is 0 Å². The number of aromatic nitrogens is 2. The predicted molar refractivity (Wildman–Crippen MR) is 89.3 cm³/mol. The number of aliphatic carboxylic acids is 1. The van der Waals surface area contributed by atoms with Gasteiger partial charge in [-0.25, -0.2) is 9.49 Å². The van der Waals surface area contributed by atoms with Crippen LogP contribution >= 0.6 is 0 Å². The van der Waals surface area contributed by atoms with Gasteiger partial charge in [-0.05, 0) is 36.1 Å². The minimum absolute atomic E-state index is 0.00905. The summed E-state index contributed by atoms with van der Waals surface area (Å²) in [5.74, 6) is -2.56. The normalized spacial score (nSPS) is 10.5. The van der Waals surface area contributed by atoms with Crippen molar-refractivity contribution in [1.82, 2.24) is 10.2 Å². The Hall–Kier alpha value is -3.03. The zero-order valence-electron chi connectivity index (χ0n) is 13.9. The predicted octanol–water partition coefficient (Wildman–Crippen LogP) is 1.91. The first kappa shape index (κ1) is 18.3. The van der Waals surface area contributed by atoms with Crippen LogP contribution in [0.4, 0.5) is 10.1 Å². The molecule has 0 aliphatic rings. The van der Waals surface area contributed by atoms with E-state index in [-0.39, 0.29) is 16.8 Å². The summed E-state index contributed by atoms with van der Waals surface area (Å²) >= 11 is 0. The quantitative estimate of drug-likeness (QED) is 0.739. The summed E-state index contributed by atoms with van der Waals surface area (Å²) < 4.78 is 13.9. The third kappa shape index (κ3) is 4.09. The Labute approximate surface area is 142 Å². The molecule has 25 heavy (non-hydrogen) atoms. The van der Waals surface area contributed by atoms with E-state index in [1.54, 1.807) is 0 Å². The Morgan fingerprint density at radius 2 is 2.00 bits per heavy atom. The molecule has 0 spiro atoms. The van der Waals surface area contributed by atoms with Crippen LogP contribution in [0.25, 0.3) is 0 Å². The lowest BCUT2D eigenvalue weighted by molar-refractivity contribution is -0.136. The summed E-state index contributed by atoms with van der Waals surface area (Å²) in [6, 6.07) is 3.70. The van der Waals surface area contributed by atoms with Gasteiger partial charge in [0, 0.05) is 5.69 Å². The summed E-state index contributed by atoms with van der Waals surface area (Å²) in [5.41, 5.74) is 0.642. The van der Waals surface area contributed by atoms with Crippen LogP contribution in [0.3, 0.4) is 0 Å². The second-order valence-electron chi connectivity index (χ2n) is 5.39. The van der Waals surface area contributed by atoms with Gasteiger partial charge in [0.15, 0.2) is 0 Å². The average molecular weight is 347 g/mol. The van der Waals surface area contributed by atoms with Gasteiger partial charge >= 0.3 is 5.97 Å². The smallest absolute Gasteiger partial charge is 0.307 e. The summed E-state index contributed by atoms with van der Waals surface area (Å²) in [6.45, 7) is 3.67. The molecule has 0 saturated carbocycles. The van der Waals surface area contributed by atoms with Crippen molar-refractivity contribution in [3.05, 3.63) is 56.8 Å². The molecule has 8 heteroatoms. The Morgan fingerprint density at radius 3 is 2.56 bits per heavy atom. The molecule has 0 fully saturated rings. The van der Waals surface area contributed by atoms with Crippen LogP contribution in [-0.2, 0) is 24.1 Å². The maximum atomic E-state index is 13.9. The number of halogens is 1. The number of carboxylic acid groups (broad SMARTS) is 1. The third-order valence-electron chi connectivity index (χ3n) is 3.74. The van der Waals surface area contributed by atoms with Crippen molar-refractivity contribution < 1.29 is 19.1 Å². The average Bonchev–Trinajstić information content (AvgIpc) is 2.56. The van der Waals surface area contributed by atoms with Crippen molar-refractivity contribution in [2.75, 3.05) is 5.32 Å². The van der Waals surface area contributed by atoms with Gasteiger partial charge in [-0.3, -0.25) is 14.4 Å². The van der Waals surface area contributed by atoms with Gasteiger partial charge < -0.3 is 10.4 Å². The fraction of sp³-hybridized carbons (Fsp3) is 0.294. The van der Waals surface area contributed by atoms with E-state index < -0.39 is 29.7 Å². The zero-order chi connectivity index (χ0) is 18.6. The van der Waals surface area contributed by atoms with Gasteiger partial charge in [-0.2, -0.15) is 5.10 Å². The molecular formula is C17H18FN3O4. The number of rotatable bonds is 6. The van der Waals surface area contributed by atoms with Gasteiger partial charge in [0.25, 0.3) is 11.5 Å². The molecule has 0 atom stereocenters. The van der Waals surface area contributed by atoms with Crippen LogP contribution in [0.5, 0.6) is 0 Å². The molecule has 1 aromatic heterocycles. The number of nitrogens with zero attached hydrogens (tertiary/aromatic N) is 1. The monoisotopic (exact) mass is 347 g/mol. The maximum absolute atomic E-state index is 13.9. The van der Waals surface area contributed by atoms with Gasteiger partial charge in [0.1, 0.15) is 11.4 Å². The number of benzene rings is 1. The molecule has 7 nitrogen and oxygen atoms in total. The molecule has 1 aromatic carbocycles. The summed E-state index contributed by atoms with van der Waals surface area (Å²) in [7, 11) is 0. The lowest BCUT2D eigenvalue weighted by atomic mass is 10.0. The third-order valence-corrected chi connectivity index (χ3v) is 3.74. The van der Waals surface area contributed by atoms with Crippen molar-refractivity contribution in [2.24, 2.45) is 0 Å². The SMILES string of the molecule is CCc1n[nH]c(=O)c(C(=O)Nc2ccc(CC(=O)O)c(F)c2)c1CC. The minimum Gasteiger partial charge on any atom is -0.481 e. The minimum atomic E-state index is -1.15. The van der Waals surface area contributed by atoms with Crippen molar-refractivity contribution in [1.29, 1.82) is 0 Å². The van der Waals surface area contributed by atoms with Crippen LogP contribution in [0.2, 0.25) is 0 Å². The zero-order valence-corrected chi connectivity index (χ0v) is 13.9. The number of nitrogens with one attached hydrogen (secondary N) is 2. The standard InChI is InChI=1S/C17H18FN3O4/c1-3-11-13(4-2)20-21-17(25)15(11)16(24)19-10-6-5-9(7-14(22)23)12(18)8-10/h5-6,8H,3-4,7H2,1-2H3,(H,19,24)(H,21,25)(H,22,23). The number of anilines is 1. The lowest BCUT2D eigenvalue weighted by Crippen LogP contribution is -2.28. The number of H-pyrrole nitrogens is 1. The molecule has 0 aliphatic carbocycles. The van der Waals surface area contributed by atoms with Crippen LogP contribution in [0, 0.1) is 5.82 Å². The van der Waals surface area contributed by atoms with Gasteiger partial charge in [0.05, 0.1) is 12.1 Å². The van der Waals surface area contributed by atoms with E-state index in [1.165, 1.54) is 12.1 Å². The first-order chi connectivity index (χ1) is 11.9. The Kier molecular flexibility index (Phi) is 5.63. The highest BCUT2D eigenvalue weighted by Crippen LogP contribution is 2.17. The van der Waals surface area contributed by atoms with Gasteiger partial charge in [-0.15, -0.1) is 0 Å². The molecule has 1 heterocycles. The highest BCUT2D eigenvalue weighted by atomic mass is 19.1. The number of carbonyl (C=O) groups is 2. The van der Waals surface area contributed by atoms with E-state index in [9.17, 15) is 18.8 Å².